The molecular formula is C8H10BrN4O3S-. The first-order valence-electron chi connectivity index (χ1n) is 3.91. The fourth-order valence-corrected chi connectivity index (χ4v) is 0.507. The lowest BCUT2D eigenvalue weighted by atomic mass is 10.8. The van der Waals surface area contributed by atoms with Crippen LogP contribution >= 0.6 is 17.0 Å². The highest BCUT2D eigenvalue weighted by Gasteiger charge is 1.59. The highest BCUT2D eigenvalue weighted by molar-refractivity contribution is 8.93. The zero-order valence-corrected chi connectivity index (χ0v) is 11.0. The summed E-state index contributed by atoms with van der Waals surface area (Å²) in [7, 11) is 0. The third-order valence-corrected chi connectivity index (χ3v) is 0.955. The molecule has 0 amide bonds. The SMILES string of the molecule is Br.O=S([O-])O.c1cnccn1.c1cnccn1. The summed E-state index contributed by atoms with van der Waals surface area (Å²) in [6, 6.07) is 0. The van der Waals surface area contributed by atoms with Crippen LogP contribution in [0.4, 0.5) is 0 Å². The fraction of sp³-hybridized carbons (Fsp3) is 0. The molecule has 1 N–H and O–H groups in total. The van der Waals surface area contributed by atoms with E-state index in [-0.39, 0.29) is 17.0 Å². The lowest BCUT2D eigenvalue weighted by molar-refractivity contribution is 0.436. The predicted molar refractivity (Wildman–Crippen MR) is 65.9 cm³/mol. The molecule has 2 aromatic heterocycles. The Labute approximate surface area is 111 Å². The third kappa shape index (κ3) is 20.7. The number of hydrogen-bond donors (Lipinski definition) is 1. The molecule has 2 heterocycles. The van der Waals surface area contributed by atoms with Crippen molar-refractivity contribution in [3.63, 3.8) is 0 Å². The molecule has 0 aliphatic heterocycles. The van der Waals surface area contributed by atoms with E-state index >= 15 is 0 Å². The van der Waals surface area contributed by atoms with Crippen molar-refractivity contribution in [1.82, 2.24) is 19.9 Å². The topological polar surface area (TPSA) is 112 Å². The molecule has 1 unspecified atom stereocenters. The summed E-state index contributed by atoms with van der Waals surface area (Å²) in [4.78, 5) is 14.9. The van der Waals surface area contributed by atoms with E-state index in [0.29, 0.717) is 0 Å². The van der Waals surface area contributed by atoms with Gasteiger partial charge in [-0.15, -0.1) is 17.0 Å². The summed E-state index contributed by atoms with van der Waals surface area (Å²) in [5.74, 6) is 0. The van der Waals surface area contributed by atoms with Gasteiger partial charge in [0.15, 0.2) is 0 Å². The van der Waals surface area contributed by atoms with Gasteiger partial charge in [0.25, 0.3) is 0 Å². The van der Waals surface area contributed by atoms with E-state index in [1.165, 1.54) is 0 Å². The van der Waals surface area contributed by atoms with Gasteiger partial charge in [0.1, 0.15) is 0 Å². The van der Waals surface area contributed by atoms with Crippen molar-refractivity contribution < 1.29 is 13.3 Å². The van der Waals surface area contributed by atoms with Crippen molar-refractivity contribution in [3.05, 3.63) is 49.6 Å². The molecule has 0 radical (unpaired) electrons. The number of halogens is 1. The first-order valence-corrected chi connectivity index (χ1v) is 4.95. The van der Waals surface area contributed by atoms with Gasteiger partial charge in [-0.25, -0.2) is 4.21 Å². The van der Waals surface area contributed by atoms with Crippen molar-refractivity contribution in [2.24, 2.45) is 0 Å². The van der Waals surface area contributed by atoms with Crippen LogP contribution in [0.15, 0.2) is 49.6 Å². The van der Waals surface area contributed by atoms with Crippen LogP contribution in [-0.2, 0) is 11.4 Å². The summed E-state index contributed by atoms with van der Waals surface area (Å²) in [6.07, 6.45) is 13.1. The molecule has 0 aliphatic carbocycles. The summed E-state index contributed by atoms with van der Waals surface area (Å²) < 4.78 is 24.1. The van der Waals surface area contributed by atoms with Gasteiger partial charge in [0, 0.05) is 49.6 Å². The lowest BCUT2D eigenvalue weighted by Gasteiger charge is -1.83. The van der Waals surface area contributed by atoms with Crippen LogP contribution in [0.5, 0.6) is 0 Å². The molecule has 2 rings (SSSR count). The number of nitrogens with zero attached hydrogens (tertiary/aromatic N) is 4. The lowest BCUT2D eigenvalue weighted by Crippen LogP contribution is -1.75. The van der Waals surface area contributed by atoms with Crippen LogP contribution in [-0.4, -0.2) is 33.3 Å². The normalized spacial score (nSPS) is 9.29. The first kappa shape index (κ1) is 18.1. The Morgan fingerprint density at radius 2 is 0.882 bits per heavy atom. The second kappa shape index (κ2) is 14.7. The number of rotatable bonds is 0. The van der Waals surface area contributed by atoms with Crippen molar-refractivity contribution >= 4 is 28.3 Å². The van der Waals surface area contributed by atoms with Gasteiger partial charge in [0.2, 0.25) is 0 Å². The molecule has 17 heavy (non-hydrogen) atoms. The van der Waals surface area contributed by atoms with Gasteiger partial charge >= 0.3 is 0 Å². The number of hydrogen-bond acceptors (Lipinski definition) is 6. The van der Waals surface area contributed by atoms with Gasteiger partial charge in [-0.05, 0) is 0 Å². The molecule has 0 fully saturated rings. The van der Waals surface area contributed by atoms with E-state index in [2.05, 4.69) is 19.9 Å². The Kier molecular flexibility index (Phi) is 15.6. The molecule has 2 aromatic rings. The fourth-order valence-electron chi connectivity index (χ4n) is 0.507. The molecule has 0 bridgehead atoms. The molecule has 9 heteroatoms. The Morgan fingerprint density at radius 1 is 0.765 bits per heavy atom. The maximum absolute atomic E-state index is 8.56. The van der Waals surface area contributed by atoms with E-state index < -0.39 is 11.4 Å². The standard InChI is InChI=1S/2C4H4N2.BrH.H2O3S/c2*1-2-6-4-3-5-1;;1-4(2)3/h2*1-4H;1H;(H2,1,2,3)/p-1. The summed E-state index contributed by atoms with van der Waals surface area (Å²) in [6.45, 7) is 0. The Morgan fingerprint density at radius 3 is 0.941 bits per heavy atom. The maximum Gasteiger partial charge on any atom is 0.0814 e. The molecular weight excluding hydrogens is 312 g/mol. The van der Waals surface area contributed by atoms with Crippen LogP contribution in [0.1, 0.15) is 0 Å². The molecule has 0 aromatic carbocycles. The minimum absolute atomic E-state index is 0. The minimum Gasteiger partial charge on any atom is -0.750 e. The summed E-state index contributed by atoms with van der Waals surface area (Å²) >= 11 is -2.86. The molecule has 94 valence electrons. The Balaban J connectivity index is 0. The smallest absolute Gasteiger partial charge is 0.0814 e. The first-order chi connectivity index (χ1) is 7.73. The van der Waals surface area contributed by atoms with Gasteiger partial charge in [-0.2, -0.15) is 0 Å². The molecule has 1 atom stereocenters. The number of aromatic nitrogens is 4. The van der Waals surface area contributed by atoms with Crippen molar-refractivity contribution in [2.45, 2.75) is 0 Å². The molecule has 0 aliphatic rings. The van der Waals surface area contributed by atoms with Crippen LogP contribution in [0, 0.1) is 0 Å². The second-order valence-corrected chi connectivity index (χ2v) is 2.44. The van der Waals surface area contributed by atoms with Gasteiger partial charge in [-0.3, -0.25) is 19.9 Å². The zero-order chi connectivity index (χ0) is 12.1. The van der Waals surface area contributed by atoms with Crippen molar-refractivity contribution in [3.8, 4) is 0 Å². The maximum atomic E-state index is 8.56. The minimum atomic E-state index is -2.86. The van der Waals surface area contributed by atoms with E-state index in [4.69, 9.17) is 13.3 Å². The van der Waals surface area contributed by atoms with E-state index in [1.54, 1.807) is 49.6 Å². The highest BCUT2D eigenvalue weighted by Crippen LogP contribution is 1.66. The Hall–Kier alpha value is -1.29. The summed E-state index contributed by atoms with van der Waals surface area (Å²) in [5.41, 5.74) is 0. The zero-order valence-electron chi connectivity index (χ0n) is 8.49. The molecule has 0 saturated carbocycles. The largest absolute Gasteiger partial charge is 0.750 e. The third-order valence-electron chi connectivity index (χ3n) is 0.955. The molecule has 7 nitrogen and oxygen atoms in total. The highest BCUT2D eigenvalue weighted by atomic mass is 79.9. The monoisotopic (exact) mass is 321 g/mol. The van der Waals surface area contributed by atoms with Gasteiger partial charge in [0.05, 0.1) is 11.4 Å². The van der Waals surface area contributed by atoms with E-state index in [9.17, 15) is 0 Å². The van der Waals surface area contributed by atoms with Crippen molar-refractivity contribution in [2.75, 3.05) is 0 Å². The quantitative estimate of drug-likeness (QED) is 0.716. The second-order valence-electron chi connectivity index (χ2n) is 2.01. The van der Waals surface area contributed by atoms with Crippen LogP contribution < -0.4 is 0 Å². The van der Waals surface area contributed by atoms with Crippen molar-refractivity contribution in [1.29, 1.82) is 0 Å². The van der Waals surface area contributed by atoms with Crippen LogP contribution in [0.25, 0.3) is 0 Å². The predicted octanol–water partition coefficient (Wildman–Crippen LogP) is 0.870. The molecule has 0 saturated heterocycles. The van der Waals surface area contributed by atoms with E-state index in [0.717, 1.165) is 0 Å². The van der Waals surface area contributed by atoms with Crippen LogP contribution in [0.3, 0.4) is 0 Å². The molecule has 0 spiro atoms. The Bertz CT molecular complexity index is 279. The van der Waals surface area contributed by atoms with Gasteiger partial charge < -0.3 is 9.11 Å². The average Bonchev–Trinajstić information content (AvgIpc) is 2.34. The summed E-state index contributed by atoms with van der Waals surface area (Å²) in [5, 5.41) is 0. The van der Waals surface area contributed by atoms with E-state index in [1.807, 2.05) is 0 Å². The van der Waals surface area contributed by atoms with Gasteiger partial charge in [-0.1, -0.05) is 0 Å². The van der Waals surface area contributed by atoms with Crippen LogP contribution in [0.2, 0.25) is 0 Å². The average molecular weight is 322 g/mol.